The molecule has 2 fully saturated rings. The van der Waals surface area contributed by atoms with Gasteiger partial charge in [-0.2, -0.15) is 0 Å². The predicted molar refractivity (Wildman–Crippen MR) is 90.6 cm³/mol. The summed E-state index contributed by atoms with van der Waals surface area (Å²) >= 11 is 5.97. The van der Waals surface area contributed by atoms with E-state index in [4.69, 9.17) is 11.6 Å². The Hall–Kier alpha value is -1.75. The van der Waals surface area contributed by atoms with Gasteiger partial charge in [-0.25, -0.2) is 4.79 Å². The topological polar surface area (TPSA) is 61.4 Å². The molecule has 2 heterocycles. The van der Waals surface area contributed by atoms with Crippen LogP contribution < -0.4 is 10.6 Å². The van der Waals surface area contributed by atoms with Gasteiger partial charge in [0, 0.05) is 35.8 Å². The van der Waals surface area contributed by atoms with Crippen LogP contribution in [-0.4, -0.2) is 35.0 Å². The summed E-state index contributed by atoms with van der Waals surface area (Å²) < 4.78 is 0. The van der Waals surface area contributed by atoms with E-state index in [1.165, 1.54) is 0 Å². The molecular weight excluding hydrogens is 314 g/mol. The van der Waals surface area contributed by atoms with Crippen molar-refractivity contribution in [3.8, 4) is 0 Å². The summed E-state index contributed by atoms with van der Waals surface area (Å²) in [6.45, 7) is 1.55. The average Bonchev–Trinajstić information content (AvgIpc) is 2.45. The molecule has 2 atom stereocenters. The molecule has 5 nitrogen and oxygen atoms in total. The number of amides is 3. The summed E-state index contributed by atoms with van der Waals surface area (Å²) in [5.41, 5.74) is 0.713. The number of rotatable bonds is 2. The first-order valence-electron chi connectivity index (χ1n) is 8.15. The zero-order valence-corrected chi connectivity index (χ0v) is 14.0. The third-order valence-corrected chi connectivity index (χ3v) is 4.93. The normalized spacial score (nSPS) is 26.5. The van der Waals surface area contributed by atoms with Crippen molar-refractivity contribution in [3.63, 3.8) is 0 Å². The van der Waals surface area contributed by atoms with Crippen molar-refractivity contribution in [2.75, 3.05) is 5.32 Å². The summed E-state index contributed by atoms with van der Waals surface area (Å²) in [4.78, 5) is 26.0. The second-order valence-corrected chi connectivity index (χ2v) is 6.89. The molecule has 1 aromatic rings. The van der Waals surface area contributed by atoms with E-state index < -0.39 is 0 Å². The van der Waals surface area contributed by atoms with Crippen LogP contribution >= 0.6 is 11.6 Å². The Morgan fingerprint density at radius 1 is 1.22 bits per heavy atom. The monoisotopic (exact) mass is 335 g/mol. The van der Waals surface area contributed by atoms with Crippen molar-refractivity contribution in [1.82, 2.24) is 10.2 Å². The first kappa shape index (κ1) is 16.1. The highest BCUT2D eigenvalue weighted by molar-refractivity contribution is 6.30. The Bertz CT molecular complexity index is 593. The van der Waals surface area contributed by atoms with Crippen LogP contribution in [0.4, 0.5) is 10.5 Å². The summed E-state index contributed by atoms with van der Waals surface area (Å²) in [6, 6.07) is 7.69. The van der Waals surface area contributed by atoms with Crippen molar-refractivity contribution < 1.29 is 9.59 Å². The molecule has 2 aliphatic heterocycles. The Morgan fingerprint density at radius 2 is 1.91 bits per heavy atom. The molecule has 1 aromatic carbocycles. The van der Waals surface area contributed by atoms with Crippen LogP contribution in [0.3, 0.4) is 0 Å². The number of nitrogens with one attached hydrogen (secondary N) is 2. The number of carbonyl (C=O) groups is 2. The van der Waals surface area contributed by atoms with Crippen LogP contribution in [0.25, 0.3) is 0 Å². The molecule has 0 spiro atoms. The van der Waals surface area contributed by atoms with E-state index >= 15 is 0 Å². The van der Waals surface area contributed by atoms with E-state index in [2.05, 4.69) is 10.6 Å². The van der Waals surface area contributed by atoms with Crippen molar-refractivity contribution in [2.24, 2.45) is 0 Å². The molecule has 124 valence electrons. The number of benzene rings is 1. The number of carbonyl (C=O) groups excluding carboxylic acids is 2. The molecule has 2 aliphatic rings. The molecule has 0 aromatic heterocycles. The highest BCUT2D eigenvalue weighted by atomic mass is 35.5. The van der Waals surface area contributed by atoms with Gasteiger partial charge in [-0.05, 0) is 50.3 Å². The third-order valence-electron chi connectivity index (χ3n) is 4.69. The molecule has 23 heavy (non-hydrogen) atoms. The van der Waals surface area contributed by atoms with E-state index in [-0.39, 0.29) is 30.1 Å². The first-order valence-corrected chi connectivity index (χ1v) is 8.52. The van der Waals surface area contributed by atoms with Gasteiger partial charge in [-0.15, -0.1) is 0 Å². The summed E-state index contributed by atoms with van der Waals surface area (Å²) in [5.74, 6) is 0.00454. The lowest BCUT2D eigenvalue weighted by Gasteiger charge is -2.48. The van der Waals surface area contributed by atoms with Crippen LogP contribution in [0.2, 0.25) is 5.02 Å². The fraction of sp³-hybridized carbons (Fsp3) is 0.529. The number of halogens is 1. The number of fused-ring (bicyclic) bond motifs is 2. The van der Waals surface area contributed by atoms with Gasteiger partial charge < -0.3 is 15.5 Å². The molecule has 3 amide bonds. The predicted octanol–water partition coefficient (Wildman–Crippen LogP) is 3.39. The molecule has 2 bridgehead atoms. The second kappa shape index (κ2) is 6.79. The maximum absolute atomic E-state index is 12.7. The summed E-state index contributed by atoms with van der Waals surface area (Å²) in [5, 5.41) is 6.57. The second-order valence-electron chi connectivity index (χ2n) is 6.46. The molecule has 0 saturated carbocycles. The van der Waals surface area contributed by atoms with Gasteiger partial charge in [-0.1, -0.05) is 17.7 Å². The Labute approximate surface area is 141 Å². The molecule has 3 rings (SSSR count). The van der Waals surface area contributed by atoms with Gasteiger partial charge in [0.25, 0.3) is 0 Å². The van der Waals surface area contributed by atoms with Gasteiger partial charge in [0.2, 0.25) is 5.91 Å². The zero-order chi connectivity index (χ0) is 16.4. The van der Waals surface area contributed by atoms with E-state index in [1.54, 1.807) is 19.1 Å². The minimum Gasteiger partial charge on any atom is -0.353 e. The molecule has 0 unspecified atom stereocenters. The molecule has 2 saturated heterocycles. The number of hydrogen-bond donors (Lipinski definition) is 2. The lowest BCUT2D eigenvalue weighted by atomic mass is 9.82. The lowest BCUT2D eigenvalue weighted by molar-refractivity contribution is -0.120. The maximum Gasteiger partial charge on any atom is 0.322 e. The van der Waals surface area contributed by atoms with Crippen LogP contribution in [-0.2, 0) is 4.79 Å². The lowest BCUT2D eigenvalue weighted by Crippen LogP contribution is -2.59. The molecule has 2 N–H and O–H groups in total. The van der Waals surface area contributed by atoms with E-state index in [9.17, 15) is 9.59 Å². The van der Waals surface area contributed by atoms with Crippen LogP contribution in [0.5, 0.6) is 0 Å². The molecular formula is C17H22ClN3O2. The molecule has 6 heteroatoms. The standard InChI is InChI=1S/C17H22ClN3O2/c1-11(22)19-14-9-15-6-3-7-16(10-14)21(15)17(23)20-13-5-2-4-12(18)8-13/h2,4-5,8,14-16H,3,6-7,9-10H2,1H3,(H,19,22)(H,20,23)/t15-,16-/m0/s1. The van der Waals surface area contributed by atoms with Crippen LogP contribution in [0, 0.1) is 0 Å². The minimum atomic E-state index is -0.0664. The fourth-order valence-electron chi connectivity index (χ4n) is 3.87. The highest BCUT2D eigenvalue weighted by Crippen LogP contribution is 2.34. The number of piperidine rings is 2. The number of urea groups is 1. The fourth-order valence-corrected chi connectivity index (χ4v) is 4.06. The Balaban J connectivity index is 1.69. The van der Waals surface area contributed by atoms with Crippen molar-refractivity contribution in [2.45, 2.75) is 57.2 Å². The SMILES string of the molecule is CC(=O)NC1C[C@@H]2CCC[C@@H](C1)N2C(=O)Nc1cccc(Cl)c1. The van der Waals surface area contributed by atoms with Gasteiger partial charge in [0.15, 0.2) is 0 Å². The average molecular weight is 336 g/mol. The van der Waals surface area contributed by atoms with Crippen LogP contribution in [0.15, 0.2) is 24.3 Å². The zero-order valence-electron chi connectivity index (χ0n) is 13.2. The van der Waals surface area contributed by atoms with Crippen molar-refractivity contribution in [3.05, 3.63) is 29.3 Å². The van der Waals surface area contributed by atoms with Gasteiger partial charge in [0.1, 0.15) is 0 Å². The van der Waals surface area contributed by atoms with E-state index in [0.717, 1.165) is 32.1 Å². The first-order chi connectivity index (χ1) is 11.0. The van der Waals surface area contributed by atoms with Gasteiger partial charge in [-0.3, -0.25) is 4.79 Å². The minimum absolute atomic E-state index is 0.00454. The van der Waals surface area contributed by atoms with Crippen LogP contribution in [0.1, 0.15) is 39.0 Å². The number of anilines is 1. The van der Waals surface area contributed by atoms with Gasteiger partial charge in [0.05, 0.1) is 0 Å². The maximum atomic E-state index is 12.7. The summed E-state index contributed by atoms with van der Waals surface area (Å²) in [6.07, 6.45) is 4.80. The Morgan fingerprint density at radius 3 is 2.52 bits per heavy atom. The highest BCUT2D eigenvalue weighted by Gasteiger charge is 2.41. The van der Waals surface area contributed by atoms with E-state index in [0.29, 0.717) is 10.7 Å². The summed E-state index contributed by atoms with van der Waals surface area (Å²) in [7, 11) is 0. The molecule has 0 aliphatic carbocycles. The number of hydrogen-bond acceptors (Lipinski definition) is 2. The third kappa shape index (κ3) is 3.78. The van der Waals surface area contributed by atoms with Crippen molar-refractivity contribution in [1.29, 1.82) is 0 Å². The molecule has 0 radical (unpaired) electrons. The quantitative estimate of drug-likeness (QED) is 0.870. The Kier molecular flexibility index (Phi) is 4.76. The largest absolute Gasteiger partial charge is 0.353 e. The van der Waals surface area contributed by atoms with E-state index in [1.807, 2.05) is 17.0 Å². The van der Waals surface area contributed by atoms with Gasteiger partial charge >= 0.3 is 6.03 Å². The smallest absolute Gasteiger partial charge is 0.322 e. The number of nitrogens with zero attached hydrogens (tertiary/aromatic N) is 1. The van der Waals surface area contributed by atoms with Crippen molar-refractivity contribution >= 4 is 29.2 Å².